The van der Waals surface area contributed by atoms with Gasteiger partial charge in [0.25, 0.3) is 0 Å². The molecule has 2 amide bonds. The Morgan fingerprint density at radius 2 is 1.87 bits per heavy atom. The molecule has 0 saturated heterocycles. The Bertz CT molecular complexity index is 896. The van der Waals surface area contributed by atoms with Gasteiger partial charge in [0.1, 0.15) is 19.0 Å². The summed E-state index contributed by atoms with van der Waals surface area (Å²) < 4.78 is 17.8. The molecule has 0 spiro atoms. The van der Waals surface area contributed by atoms with Crippen LogP contribution in [0.2, 0.25) is 0 Å². The summed E-state index contributed by atoms with van der Waals surface area (Å²) in [7, 11) is 1.56. The number of carbonyl (C=O) groups is 1. The quantitative estimate of drug-likeness (QED) is 0.295. The molecule has 2 aromatic rings. The van der Waals surface area contributed by atoms with Gasteiger partial charge in [-0.05, 0) is 70.1 Å². The van der Waals surface area contributed by atoms with Crippen molar-refractivity contribution in [3.8, 4) is 17.2 Å². The maximum atomic E-state index is 10.7. The van der Waals surface area contributed by atoms with E-state index in [9.17, 15) is 4.79 Å². The van der Waals surface area contributed by atoms with Crippen LogP contribution in [0.25, 0.3) is 0 Å². The highest BCUT2D eigenvalue weighted by Crippen LogP contribution is 2.36. The fourth-order valence-electron chi connectivity index (χ4n) is 3.70. The van der Waals surface area contributed by atoms with Crippen LogP contribution in [-0.2, 0) is 0 Å². The zero-order valence-electron chi connectivity index (χ0n) is 17.6. The predicted molar refractivity (Wildman–Crippen MR) is 124 cm³/mol. The summed E-state index contributed by atoms with van der Waals surface area (Å²) in [6.45, 7) is 0.764. The highest BCUT2D eigenvalue weighted by Gasteiger charge is 2.15. The van der Waals surface area contributed by atoms with Crippen molar-refractivity contribution >= 4 is 28.2 Å². The van der Waals surface area contributed by atoms with Crippen molar-refractivity contribution in [2.75, 3.05) is 20.3 Å². The van der Waals surface area contributed by atoms with E-state index in [1.54, 1.807) is 19.2 Å². The molecule has 1 aliphatic rings. The van der Waals surface area contributed by atoms with Crippen molar-refractivity contribution in [3.05, 3.63) is 52.0 Å². The van der Waals surface area contributed by atoms with Gasteiger partial charge in [0, 0.05) is 0 Å². The molecule has 2 aromatic carbocycles. The topological polar surface area (TPSA) is 95.2 Å². The van der Waals surface area contributed by atoms with E-state index in [0.29, 0.717) is 40.7 Å². The summed E-state index contributed by atoms with van der Waals surface area (Å²) in [6.07, 6.45) is 8.06. The number of hydrazone groups is 1. The number of amides is 2. The van der Waals surface area contributed by atoms with Crippen LogP contribution in [0.1, 0.15) is 49.1 Å². The molecule has 0 atom stereocenters. The number of nitrogens with zero attached hydrogens (tertiary/aromatic N) is 1. The first kappa shape index (κ1) is 22.9. The van der Waals surface area contributed by atoms with Crippen molar-refractivity contribution in [1.29, 1.82) is 0 Å². The second-order valence-corrected chi connectivity index (χ2v) is 8.22. The molecule has 0 unspecified atom stereocenters. The lowest BCUT2D eigenvalue weighted by molar-refractivity contribution is 0.210. The van der Waals surface area contributed by atoms with E-state index >= 15 is 0 Å². The first-order chi connectivity index (χ1) is 15.1. The summed E-state index contributed by atoms with van der Waals surface area (Å²) in [5.74, 6) is 2.63. The first-order valence-corrected chi connectivity index (χ1v) is 11.2. The average Bonchev–Trinajstić information content (AvgIpc) is 2.78. The van der Waals surface area contributed by atoms with Crippen LogP contribution in [0.5, 0.6) is 17.2 Å². The van der Waals surface area contributed by atoms with Crippen LogP contribution in [0, 0.1) is 0 Å². The van der Waals surface area contributed by atoms with Crippen molar-refractivity contribution in [2.24, 2.45) is 10.8 Å². The van der Waals surface area contributed by atoms with Gasteiger partial charge in [-0.1, -0.05) is 31.4 Å². The number of nitrogens with one attached hydrogen (secondary N) is 1. The molecule has 166 valence electrons. The molecule has 7 nitrogen and oxygen atoms in total. The highest BCUT2D eigenvalue weighted by molar-refractivity contribution is 9.10. The van der Waals surface area contributed by atoms with Gasteiger partial charge in [0.05, 0.1) is 17.8 Å². The number of methoxy groups -OCH3 is 1. The van der Waals surface area contributed by atoms with Crippen LogP contribution in [-0.4, -0.2) is 32.6 Å². The smallest absolute Gasteiger partial charge is 0.332 e. The predicted octanol–water partition coefficient (Wildman–Crippen LogP) is 4.97. The Labute approximate surface area is 191 Å². The molecule has 3 rings (SSSR count). The number of primary amides is 1. The van der Waals surface area contributed by atoms with E-state index in [1.807, 2.05) is 12.1 Å². The fourth-order valence-corrected chi connectivity index (χ4v) is 4.27. The summed E-state index contributed by atoms with van der Waals surface area (Å²) in [5.41, 5.74) is 9.25. The SMILES string of the molecule is COc1cc(/C=N/NC(N)=O)cc(Br)c1OCCOc1ccc(C2CCCCC2)cc1. The molecule has 1 fully saturated rings. The van der Waals surface area contributed by atoms with E-state index in [-0.39, 0.29) is 0 Å². The number of nitrogens with two attached hydrogens (primary N) is 1. The molecule has 0 radical (unpaired) electrons. The fraction of sp³-hybridized carbons (Fsp3) is 0.391. The Kier molecular flexibility index (Phi) is 8.58. The molecular formula is C23H28BrN3O4. The Balaban J connectivity index is 1.51. The number of carbonyl (C=O) groups excluding carboxylic acids is 1. The van der Waals surface area contributed by atoms with Crippen LogP contribution in [0.4, 0.5) is 4.79 Å². The molecule has 1 aliphatic carbocycles. The van der Waals surface area contributed by atoms with Gasteiger partial charge < -0.3 is 19.9 Å². The third kappa shape index (κ3) is 6.89. The van der Waals surface area contributed by atoms with Crippen molar-refractivity contribution in [3.63, 3.8) is 0 Å². The zero-order chi connectivity index (χ0) is 22.1. The molecule has 8 heteroatoms. The number of ether oxygens (including phenoxy) is 3. The minimum Gasteiger partial charge on any atom is -0.493 e. The molecule has 0 bridgehead atoms. The molecule has 1 saturated carbocycles. The monoisotopic (exact) mass is 489 g/mol. The lowest BCUT2D eigenvalue weighted by Gasteiger charge is -2.22. The Morgan fingerprint density at radius 3 is 2.55 bits per heavy atom. The molecule has 0 aliphatic heterocycles. The van der Waals surface area contributed by atoms with E-state index in [0.717, 1.165) is 5.75 Å². The maximum Gasteiger partial charge on any atom is 0.332 e. The summed E-state index contributed by atoms with van der Waals surface area (Å²) in [5, 5.41) is 3.75. The highest BCUT2D eigenvalue weighted by atomic mass is 79.9. The number of halogens is 1. The van der Waals surface area contributed by atoms with Crippen LogP contribution < -0.4 is 25.4 Å². The number of benzene rings is 2. The summed E-state index contributed by atoms with van der Waals surface area (Å²) in [6, 6.07) is 11.2. The Hall–Kier alpha value is -2.74. The van der Waals surface area contributed by atoms with E-state index in [1.165, 1.54) is 43.9 Å². The van der Waals surface area contributed by atoms with Gasteiger partial charge in [-0.3, -0.25) is 0 Å². The van der Waals surface area contributed by atoms with Gasteiger partial charge >= 0.3 is 6.03 Å². The summed E-state index contributed by atoms with van der Waals surface area (Å²) in [4.78, 5) is 10.7. The molecule has 0 aromatic heterocycles. The second kappa shape index (κ2) is 11.6. The number of rotatable bonds is 9. The second-order valence-electron chi connectivity index (χ2n) is 7.37. The third-order valence-corrected chi connectivity index (χ3v) is 5.78. The number of hydrogen-bond acceptors (Lipinski definition) is 5. The molecule has 3 N–H and O–H groups in total. The normalized spacial score (nSPS) is 14.4. The molecule has 0 heterocycles. The van der Waals surface area contributed by atoms with Crippen molar-refractivity contribution in [2.45, 2.75) is 38.0 Å². The van der Waals surface area contributed by atoms with E-state index < -0.39 is 6.03 Å². The standard InChI is InChI=1S/C23H28BrN3O4/c1-29-21-14-16(15-26-27-23(25)28)13-20(24)22(21)31-12-11-30-19-9-7-18(8-10-19)17-5-3-2-4-6-17/h7-10,13-15,17H,2-6,11-12H2,1H3,(H3,25,27,28)/b26-15+. The molecule has 31 heavy (non-hydrogen) atoms. The van der Waals surface area contributed by atoms with Gasteiger partial charge in [-0.25, -0.2) is 10.2 Å². The number of urea groups is 1. The van der Waals surface area contributed by atoms with Crippen molar-refractivity contribution < 1.29 is 19.0 Å². The van der Waals surface area contributed by atoms with Crippen molar-refractivity contribution in [1.82, 2.24) is 5.43 Å². The van der Waals surface area contributed by atoms with Crippen LogP contribution >= 0.6 is 15.9 Å². The lowest BCUT2D eigenvalue weighted by atomic mass is 9.84. The third-order valence-electron chi connectivity index (χ3n) is 5.20. The zero-order valence-corrected chi connectivity index (χ0v) is 19.2. The summed E-state index contributed by atoms with van der Waals surface area (Å²) >= 11 is 3.48. The first-order valence-electron chi connectivity index (χ1n) is 10.4. The number of hydrogen-bond donors (Lipinski definition) is 2. The van der Waals surface area contributed by atoms with E-state index in [4.69, 9.17) is 19.9 Å². The maximum absolute atomic E-state index is 10.7. The minimum absolute atomic E-state index is 0.357. The van der Waals surface area contributed by atoms with Gasteiger partial charge in [-0.15, -0.1) is 0 Å². The Morgan fingerprint density at radius 1 is 1.16 bits per heavy atom. The van der Waals surface area contributed by atoms with Gasteiger partial charge in [-0.2, -0.15) is 5.10 Å². The van der Waals surface area contributed by atoms with Crippen LogP contribution in [0.3, 0.4) is 0 Å². The average molecular weight is 490 g/mol. The van der Waals surface area contributed by atoms with E-state index in [2.05, 4.69) is 38.6 Å². The molecular weight excluding hydrogens is 462 g/mol. The van der Waals surface area contributed by atoms with Gasteiger partial charge in [0.2, 0.25) is 0 Å². The van der Waals surface area contributed by atoms with Gasteiger partial charge in [0.15, 0.2) is 11.5 Å². The largest absolute Gasteiger partial charge is 0.493 e. The lowest BCUT2D eigenvalue weighted by Crippen LogP contribution is -2.24. The minimum atomic E-state index is -0.731. The van der Waals surface area contributed by atoms with Crippen LogP contribution in [0.15, 0.2) is 46.0 Å².